The normalized spacial score (nSPS) is 19.7. The van der Waals surface area contributed by atoms with Gasteiger partial charge in [0.2, 0.25) is 11.9 Å². The molecule has 0 spiro atoms. The lowest BCUT2D eigenvalue weighted by Crippen LogP contribution is -2.27. The van der Waals surface area contributed by atoms with Gasteiger partial charge in [-0.25, -0.2) is 4.98 Å². The second-order valence-corrected chi connectivity index (χ2v) is 3.89. The fourth-order valence-electron chi connectivity index (χ4n) is 1.83. The second kappa shape index (κ2) is 5.03. The number of pyridine rings is 1. The van der Waals surface area contributed by atoms with Crippen LogP contribution >= 0.6 is 0 Å². The summed E-state index contributed by atoms with van der Waals surface area (Å²) in [5.41, 5.74) is 0. The van der Waals surface area contributed by atoms with E-state index in [1.165, 1.54) is 12.1 Å². The Balaban J connectivity index is 1.86. The standard InChI is InChI=1S/C11H14FN3O/c12-9-4-1-5-10(14-9)15-11(16)7-8-3-2-6-13-8/h1,4-5,8,13H,2-3,6-7H2,(H,14,15,16). The molecule has 0 saturated carbocycles. The molecule has 1 aliphatic heterocycles. The third-order valence-electron chi connectivity index (χ3n) is 2.58. The van der Waals surface area contributed by atoms with E-state index in [0.29, 0.717) is 6.42 Å². The van der Waals surface area contributed by atoms with Crippen LogP contribution in [0, 0.1) is 5.95 Å². The van der Waals surface area contributed by atoms with Crippen molar-refractivity contribution in [1.29, 1.82) is 0 Å². The number of amides is 1. The van der Waals surface area contributed by atoms with Gasteiger partial charge in [-0.3, -0.25) is 4.79 Å². The molecular formula is C11H14FN3O. The summed E-state index contributed by atoms with van der Waals surface area (Å²) < 4.78 is 12.7. The van der Waals surface area contributed by atoms with Crippen LogP contribution < -0.4 is 10.6 Å². The summed E-state index contributed by atoms with van der Waals surface area (Å²) in [4.78, 5) is 15.1. The van der Waals surface area contributed by atoms with E-state index < -0.39 is 5.95 Å². The Morgan fingerprint density at radius 1 is 1.62 bits per heavy atom. The average Bonchev–Trinajstić information content (AvgIpc) is 2.70. The molecule has 4 nitrogen and oxygen atoms in total. The van der Waals surface area contributed by atoms with Crippen LogP contribution in [0.15, 0.2) is 18.2 Å². The van der Waals surface area contributed by atoms with Crippen molar-refractivity contribution in [1.82, 2.24) is 10.3 Å². The minimum Gasteiger partial charge on any atom is -0.313 e. The summed E-state index contributed by atoms with van der Waals surface area (Å²) in [6.07, 6.45) is 2.54. The van der Waals surface area contributed by atoms with Crippen molar-refractivity contribution >= 4 is 11.7 Å². The van der Waals surface area contributed by atoms with E-state index in [2.05, 4.69) is 15.6 Å². The molecule has 1 atom stereocenters. The van der Waals surface area contributed by atoms with Crippen molar-refractivity contribution < 1.29 is 9.18 Å². The van der Waals surface area contributed by atoms with Gasteiger partial charge in [0, 0.05) is 12.5 Å². The number of anilines is 1. The Bertz CT molecular complexity index is 377. The number of hydrogen-bond acceptors (Lipinski definition) is 3. The summed E-state index contributed by atoms with van der Waals surface area (Å²) in [6.45, 7) is 0.968. The molecule has 1 aliphatic rings. The van der Waals surface area contributed by atoms with E-state index in [1.54, 1.807) is 6.07 Å². The van der Waals surface area contributed by atoms with Crippen molar-refractivity contribution in [3.63, 3.8) is 0 Å². The van der Waals surface area contributed by atoms with Gasteiger partial charge in [-0.05, 0) is 31.5 Å². The van der Waals surface area contributed by atoms with Gasteiger partial charge < -0.3 is 10.6 Å². The number of nitrogens with zero attached hydrogens (tertiary/aromatic N) is 1. The SMILES string of the molecule is O=C(CC1CCCN1)Nc1cccc(F)n1. The number of hydrogen-bond donors (Lipinski definition) is 2. The Labute approximate surface area is 93.3 Å². The predicted octanol–water partition coefficient (Wildman–Crippen LogP) is 1.30. The van der Waals surface area contributed by atoms with Crippen molar-refractivity contribution in [3.8, 4) is 0 Å². The molecule has 0 radical (unpaired) electrons. The fourth-order valence-corrected chi connectivity index (χ4v) is 1.83. The molecule has 0 bridgehead atoms. The number of rotatable bonds is 3. The van der Waals surface area contributed by atoms with E-state index in [1.807, 2.05) is 0 Å². The van der Waals surface area contributed by atoms with Gasteiger partial charge in [-0.1, -0.05) is 6.07 Å². The van der Waals surface area contributed by atoms with E-state index >= 15 is 0 Å². The van der Waals surface area contributed by atoms with Crippen LogP contribution in [0.3, 0.4) is 0 Å². The summed E-state index contributed by atoms with van der Waals surface area (Å²) in [5, 5.41) is 5.81. The molecule has 86 valence electrons. The summed E-state index contributed by atoms with van der Waals surface area (Å²) in [6, 6.07) is 4.58. The third kappa shape index (κ3) is 3.00. The highest BCUT2D eigenvalue weighted by atomic mass is 19.1. The van der Waals surface area contributed by atoms with Crippen LogP contribution in [0.2, 0.25) is 0 Å². The Morgan fingerprint density at radius 2 is 2.50 bits per heavy atom. The minimum atomic E-state index is -0.586. The first kappa shape index (κ1) is 11.0. The van der Waals surface area contributed by atoms with Crippen LogP contribution in [0.4, 0.5) is 10.2 Å². The Morgan fingerprint density at radius 3 is 3.19 bits per heavy atom. The first-order chi connectivity index (χ1) is 7.74. The van der Waals surface area contributed by atoms with Crippen LogP contribution in [-0.4, -0.2) is 23.5 Å². The maximum Gasteiger partial charge on any atom is 0.227 e. The smallest absolute Gasteiger partial charge is 0.227 e. The second-order valence-electron chi connectivity index (χ2n) is 3.89. The molecule has 1 fully saturated rings. The topological polar surface area (TPSA) is 54.0 Å². The Hall–Kier alpha value is -1.49. The number of carbonyl (C=O) groups is 1. The highest BCUT2D eigenvalue weighted by Crippen LogP contribution is 2.10. The third-order valence-corrected chi connectivity index (χ3v) is 2.58. The van der Waals surface area contributed by atoms with E-state index in [0.717, 1.165) is 19.4 Å². The average molecular weight is 223 g/mol. The lowest BCUT2D eigenvalue weighted by molar-refractivity contribution is -0.116. The van der Waals surface area contributed by atoms with Crippen LogP contribution in [0.5, 0.6) is 0 Å². The number of carbonyl (C=O) groups excluding carboxylic acids is 1. The molecule has 1 unspecified atom stereocenters. The van der Waals surface area contributed by atoms with E-state index in [9.17, 15) is 9.18 Å². The molecule has 1 aromatic heterocycles. The molecule has 0 aromatic carbocycles. The Kier molecular flexibility index (Phi) is 3.46. The first-order valence-electron chi connectivity index (χ1n) is 5.40. The molecule has 0 aliphatic carbocycles. The number of nitrogens with one attached hydrogen (secondary N) is 2. The van der Waals surface area contributed by atoms with Gasteiger partial charge in [0.1, 0.15) is 5.82 Å². The number of halogens is 1. The highest BCUT2D eigenvalue weighted by Gasteiger charge is 2.17. The zero-order chi connectivity index (χ0) is 11.4. The monoisotopic (exact) mass is 223 g/mol. The van der Waals surface area contributed by atoms with E-state index in [4.69, 9.17) is 0 Å². The largest absolute Gasteiger partial charge is 0.313 e. The summed E-state index contributed by atoms with van der Waals surface area (Å²) >= 11 is 0. The molecule has 2 heterocycles. The maximum absolute atomic E-state index is 12.7. The minimum absolute atomic E-state index is 0.127. The molecule has 16 heavy (non-hydrogen) atoms. The molecular weight excluding hydrogens is 209 g/mol. The van der Waals surface area contributed by atoms with Gasteiger partial charge in [-0.15, -0.1) is 0 Å². The van der Waals surface area contributed by atoms with Gasteiger partial charge in [-0.2, -0.15) is 4.39 Å². The van der Waals surface area contributed by atoms with Crippen molar-refractivity contribution in [2.24, 2.45) is 0 Å². The van der Waals surface area contributed by atoms with Gasteiger partial charge in [0.25, 0.3) is 0 Å². The van der Waals surface area contributed by atoms with Crippen molar-refractivity contribution in [2.75, 3.05) is 11.9 Å². The lowest BCUT2D eigenvalue weighted by atomic mass is 10.1. The molecule has 1 saturated heterocycles. The molecule has 1 amide bonds. The molecule has 1 aromatic rings. The van der Waals surface area contributed by atoms with Crippen LogP contribution in [0.25, 0.3) is 0 Å². The zero-order valence-electron chi connectivity index (χ0n) is 8.87. The maximum atomic E-state index is 12.7. The van der Waals surface area contributed by atoms with Crippen molar-refractivity contribution in [3.05, 3.63) is 24.1 Å². The zero-order valence-corrected chi connectivity index (χ0v) is 8.87. The quantitative estimate of drug-likeness (QED) is 0.759. The molecule has 2 rings (SSSR count). The van der Waals surface area contributed by atoms with Gasteiger partial charge >= 0.3 is 0 Å². The molecule has 2 N–H and O–H groups in total. The van der Waals surface area contributed by atoms with Gasteiger partial charge in [0.15, 0.2) is 0 Å². The highest BCUT2D eigenvalue weighted by molar-refractivity contribution is 5.90. The van der Waals surface area contributed by atoms with Crippen LogP contribution in [-0.2, 0) is 4.79 Å². The van der Waals surface area contributed by atoms with Crippen molar-refractivity contribution in [2.45, 2.75) is 25.3 Å². The predicted molar refractivity (Wildman–Crippen MR) is 58.5 cm³/mol. The number of aromatic nitrogens is 1. The lowest BCUT2D eigenvalue weighted by Gasteiger charge is -2.09. The van der Waals surface area contributed by atoms with Crippen LogP contribution in [0.1, 0.15) is 19.3 Å². The summed E-state index contributed by atoms with van der Waals surface area (Å²) in [7, 11) is 0. The molecule has 5 heteroatoms. The summed E-state index contributed by atoms with van der Waals surface area (Å²) in [5.74, 6) is -0.447. The van der Waals surface area contributed by atoms with Gasteiger partial charge in [0.05, 0.1) is 0 Å². The fraction of sp³-hybridized carbons (Fsp3) is 0.455. The van der Waals surface area contributed by atoms with E-state index in [-0.39, 0.29) is 17.8 Å². The first-order valence-corrected chi connectivity index (χ1v) is 5.40.